The van der Waals surface area contributed by atoms with Crippen LogP contribution in [0.5, 0.6) is 0 Å². The zero-order valence-electron chi connectivity index (χ0n) is 15.7. The molecule has 4 heterocycles. The maximum absolute atomic E-state index is 6.54. The highest BCUT2D eigenvalue weighted by Gasteiger charge is 2.31. The number of halogens is 1. The SMILES string of the molecule is [B]c1c2c(c3c(c1[B])c1cccc4c5ccc6c7cc(Cl)ccc7[nH]c6c5n3c41)[B]2. The van der Waals surface area contributed by atoms with E-state index >= 15 is 0 Å². The summed E-state index contributed by atoms with van der Waals surface area (Å²) in [4.78, 5) is 3.65. The molecule has 0 amide bonds. The van der Waals surface area contributed by atoms with E-state index < -0.39 is 0 Å². The van der Waals surface area contributed by atoms with Crippen LogP contribution in [-0.2, 0) is 0 Å². The van der Waals surface area contributed by atoms with Crippen LogP contribution in [0.2, 0.25) is 5.02 Å². The molecule has 5 radical (unpaired) electrons. The van der Waals surface area contributed by atoms with Gasteiger partial charge in [-0.1, -0.05) is 58.3 Å². The summed E-state index contributed by atoms with van der Waals surface area (Å²) >= 11 is 6.30. The number of aromatic amines is 1. The maximum Gasteiger partial charge on any atom is 0.191 e. The number of hydrogen-bond acceptors (Lipinski definition) is 0. The second-order valence-corrected chi connectivity index (χ2v) is 8.70. The summed E-state index contributed by atoms with van der Waals surface area (Å²) < 4.78 is 2.38. The second-order valence-electron chi connectivity index (χ2n) is 8.26. The highest BCUT2D eigenvalue weighted by Crippen LogP contribution is 2.41. The molecule has 6 heteroatoms. The van der Waals surface area contributed by atoms with Gasteiger partial charge in [0, 0.05) is 43.0 Å². The Morgan fingerprint density at radius 3 is 2.47 bits per heavy atom. The van der Waals surface area contributed by atoms with Gasteiger partial charge in [0.2, 0.25) is 0 Å². The summed E-state index contributed by atoms with van der Waals surface area (Å²) in [5.41, 5.74) is 9.37. The lowest BCUT2D eigenvalue weighted by atomic mass is 9.76. The lowest BCUT2D eigenvalue weighted by molar-refractivity contribution is 1.38. The minimum Gasteiger partial charge on any atom is -0.353 e. The van der Waals surface area contributed by atoms with E-state index in [0.29, 0.717) is 10.9 Å². The maximum atomic E-state index is 6.54. The Balaban J connectivity index is 1.76. The van der Waals surface area contributed by atoms with Gasteiger partial charge in [0.15, 0.2) is 7.28 Å². The highest BCUT2D eigenvalue weighted by atomic mass is 35.5. The van der Waals surface area contributed by atoms with Gasteiger partial charge in [-0.25, -0.2) is 0 Å². The average molecular weight is 393 g/mol. The summed E-state index contributed by atoms with van der Waals surface area (Å²) in [5.74, 6) is 0. The molecule has 0 unspecified atom stereocenters. The van der Waals surface area contributed by atoms with Crippen LogP contribution < -0.4 is 21.9 Å². The predicted molar refractivity (Wildman–Crippen MR) is 131 cm³/mol. The first kappa shape index (κ1) is 15.8. The fourth-order valence-corrected chi connectivity index (χ4v) is 5.66. The zero-order valence-corrected chi connectivity index (χ0v) is 16.4. The molecule has 0 fully saturated rings. The van der Waals surface area contributed by atoms with E-state index in [2.05, 4.69) is 47.0 Å². The molecule has 0 bridgehead atoms. The molecule has 1 aliphatic rings. The van der Waals surface area contributed by atoms with Crippen molar-refractivity contribution in [3.63, 3.8) is 0 Å². The molecular weight excluding hydrogens is 384 g/mol. The van der Waals surface area contributed by atoms with Crippen LogP contribution in [0.15, 0.2) is 48.5 Å². The normalized spacial score (nSPS) is 13.4. The zero-order chi connectivity index (χ0) is 19.9. The largest absolute Gasteiger partial charge is 0.353 e. The van der Waals surface area contributed by atoms with Gasteiger partial charge in [-0.2, -0.15) is 0 Å². The van der Waals surface area contributed by atoms with Crippen molar-refractivity contribution in [1.29, 1.82) is 0 Å². The molecular formula is C24H9B3ClN2. The standard InChI is InChI=1S/C24H9B3ClN2/c25-17-16-13-3-1-2-11-12-6-5-10-14-8-9(28)4-7-15(14)29-21(10)23(12)30(22(11)13)24(16)20-19(27-20)18(17)26/h1-8,29H. The first-order valence-electron chi connectivity index (χ1n) is 9.91. The molecule has 2 nitrogen and oxygen atoms in total. The van der Waals surface area contributed by atoms with Crippen LogP contribution in [0.3, 0.4) is 0 Å². The highest BCUT2D eigenvalue weighted by molar-refractivity contribution is 6.94. The molecule has 1 aliphatic heterocycles. The van der Waals surface area contributed by atoms with Crippen molar-refractivity contribution in [2.45, 2.75) is 0 Å². The summed E-state index contributed by atoms with van der Waals surface area (Å²) in [7, 11) is 15.0. The van der Waals surface area contributed by atoms with Crippen LogP contribution in [0, 0.1) is 0 Å². The molecule has 4 aromatic carbocycles. The van der Waals surface area contributed by atoms with Gasteiger partial charge in [0.1, 0.15) is 15.7 Å². The van der Waals surface area contributed by atoms with Crippen LogP contribution in [0.1, 0.15) is 0 Å². The fraction of sp³-hybridized carbons (Fsp3) is 0. The molecule has 0 spiro atoms. The smallest absolute Gasteiger partial charge is 0.191 e. The third kappa shape index (κ3) is 1.59. The number of benzene rings is 4. The number of fused-ring (bicyclic) bond motifs is 12. The molecule has 0 atom stereocenters. The molecule has 8 rings (SSSR count). The van der Waals surface area contributed by atoms with E-state index in [0.717, 1.165) is 43.2 Å². The number of nitrogens with zero attached hydrogens (tertiary/aromatic N) is 1. The van der Waals surface area contributed by atoms with Crippen LogP contribution in [0.25, 0.3) is 59.9 Å². The van der Waals surface area contributed by atoms with Gasteiger partial charge in [-0.05, 0) is 23.6 Å². The molecule has 3 aromatic heterocycles. The Bertz CT molecular complexity index is 1910. The lowest BCUT2D eigenvalue weighted by Gasteiger charge is -2.05. The van der Waals surface area contributed by atoms with E-state index in [1.807, 2.05) is 18.2 Å². The number of para-hydroxylation sites is 1. The quantitative estimate of drug-likeness (QED) is 0.383. The third-order valence-electron chi connectivity index (χ3n) is 6.81. The predicted octanol–water partition coefficient (Wildman–Crippen LogP) is 2.68. The van der Waals surface area contributed by atoms with E-state index in [1.165, 1.54) is 32.7 Å². The third-order valence-corrected chi connectivity index (χ3v) is 7.05. The fourth-order valence-electron chi connectivity index (χ4n) is 5.49. The Labute approximate surface area is 179 Å². The first-order chi connectivity index (χ1) is 14.6. The second kappa shape index (κ2) is 4.82. The molecule has 0 saturated heterocycles. The molecule has 1 N–H and O–H groups in total. The first-order valence-corrected chi connectivity index (χ1v) is 10.3. The van der Waals surface area contributed by atoms with Crippen LogP contribution >= 0.6 is 11.6 Å². The van der Waals surface area contributed by atoms with Crippen molar-refractivity contribution in [3.8, 4) is 0 Å². The minimum atomic E-state index is 0.678. The van der Waals surface area contributed by atoms with E-state index in [-0.39, 0.29) is 0 Å². The number of nitrogens with one attached hydrogen (secondary N) is 1. The Kier molecular flexibility index (Phi) is 2.53. The van der Waals surface area contributed by atoms with E-state index in [4.69, 9.17) is 27.3 Å². The topological polar surface area (TPSA) is 20.2 Å². The summed E-state index contributed by atoms with van der Waals surface area (Å²) in [5, 5.41) is 7.70. The van der Waals surface area contributed by atoms with E-state index in [1.54, 1.807) is 0 Å². The monoisotopic (exact) mass is 393 g/mol. The van der Waals surface area contributed by atoms with Gasteiger partial charge in [-0.15, -0.1) is 5.46 Å². The van der Waals surface area contributed by atoms with Crippen molar-refractivity contribution in [3.05, 3.63) is 53.6 Å². The van der Waals surface area contributed by atoms with Crippen molar-refractivity contribution >= 4 is 116 Å². The Morgan fingerprint density at radius 1 is 0.767 bits per heavy atom. The molecule has 7 aromatic rings. The van der Waals surface area contributed by atoms with Crippen molar-refractivity contribution in [2.24, 2.45) is 0 Å². The Hall–Kier alpha value is -3.04. The van der Waals surface area contributed by atoms with Gasteiger partial charge in [-0.3, -0.25) is 0 Å². The number of rotatable bonds is 0. The minimum absolute atomic E-state index is 0.678. The van der Waals surface area contributed by atoms with E-state index in [9.17, 15) is 0 Å². The van der Waals surface area contributed by atoms with Crippen molar-refractivity contribution in [2.75, 3.05) is 0 Å². The molecule has 0 saturated carbocycles. The summed E-state index contributed by atoms with van der Waals surface area (Å²) in [6, 6.07) is 16.9. The summed E-state index contributed by atoms with van der Waals surface area (Å²) in [6.45, 7) is 0. The van der Waals surface area contributed by atoms with Crippen molar-refractivity contribution in [1.82, 2.24) is 9.38 Å². The number of H-pyrrole nitrogens is 1. The molecule has 131 valence electrons. The molecule has 0 aliphatic carbocycles. The Morgan fingerprint density at radius 2 is 1.57 bits per heavy atom. The van der Waals surface area contributed by atoms with Gasteiger partial charge in [0.05, 0.1) is 16.6 Å². The van der Waals surface area contributed by atoms with Gasteiger partial charge >= 0.3 is 0 Å². The number of aromatic nitrogens is 2. The number of hydrogen-bond donors (Lipinski definition) is 1. The van der Waals surface area contributed by atoms with Crippen molar-refractivity contribution < 1.29 is 0 Å². The summed E-state index contributed by atoms with van der Waals surface area (Å²) in [6.07, 6.45) is 0. The van der Waals surface area contributed by atoms with Crippen LogP contribution in [-0.4, -0.2) is 32.4 Å². The lowest BCUT2D eigenvalue weighted by Crippen LogP contribution is -2.35. The van der Waals surface area contributed by atoms with Gasteiger partial charge < -0.3 is 9.38 Å². The molecule has 30 heavy (non-hydrogen) atoms. The average Bonchev–Trinajstić information content (AvgIpc) is 3.20. The van der Waals surface area contributed by atoms with Gasteiger partial charge in [0.25, 0.3) is 0 Å². The van der Waals surface area contributed by atoms with Crippen LogP contribution in [0.4, 0.5) is 0 Å².